The number of halogens is 2. The van der Waals surface area contributed by atoms with Crippen molar-refractivity contribution in [1.82, 2.24) is 10.0 Å². The summed E-state index contributed by atoms with van der Waals surface area (Å²) in [7, 11) is -3.94. The molecule has 1 amide bonds. The first kappa shape index (κ1) is 29.8. The number of nitrogens with one attached hydrogen (secondary N) is 2. The Balaban J connectivity index is 0.00000370. The predicted octanol–water partition coefficient (Wildman–Crippen LogP) is 5.73. The number of carbonyl (C=O) groups excluding carboxylic acids is 1. The molecule has 0 saturated carbocycles. The molecule has 0 bridgehead atoms. The van der Waals surface area contributed by atoms with Crippen LogP contribution in [-0.2, 0) is 22.9 Å². The van der Waals surface area contributed by atoms with Crippen molar-refractivity contribution in [2.75, 3.05) is 6.54 Å². The molecule has 0 radical (unpaired) electrons. The molecule has 0 aromatic heterocycles. The smallest absolute Gasteiger partial charge is 0.264 e. The zero-order chi connectivity index (χ0) is 27.4. The molecule has 9 heteroatoms. The molecule has 208 valence electrons. The second kappa shape index (κ2) is 13.0. The van der Waals surface area contributed by atoms with Crippen LogP contribution in [0.15, 0.2) is 102 Å². The predicted molar refractivity (Wildman–Crippen MR) is 160 cm³/mol. The van der Waals surface area contributed by atoms with E-state index in [1.54, 1.807) is 42.5 Å². The van der Waals surface area contributed by atoms with Crippen LogP contribution >= 0.6 is 24.0 Å². The molecule has 4 aromatic carbocycles. The molecule has 0 heterocycles. The first-order chi connectivity index (χ1) is 18.8. The van der Waals surface area contributed by atoms with Gasteiger partial charge >= 0.3 is 0 Å². The van der Waals surface area contributed by atoms with Crippen LogP contribution in [0.25, 0.3) is 11.1 Å². The zero-order valence-corrected chi connectivity index (χ0v) is 24.0. The van der Waals surface area contributed by atoms with Gasteiger partial charge in [-0.05, 0) is 83.5 Å². The Bertz CT molecular complexity index is 1580. The van der Waals surface area contributed by atoms with Gasteiger partial charge in [-0.15, -0.1) is 12.4 Å². The summed E-state index contributed by atoms with van der Waals surface area (Å²) in [6.45, 7) is 0.448. The Hall–Kier alpha value is -3.20. The van der Waals surface area contributed by atoms with Gasteiger partial charge in [-0.1, -0.05) is 72.3 Å². The summed E-state index contributed by atoms with van der Waals surface area (Å²) in [4.78, 5) is 12.6. The van der Waals surface area contributed by atoms with Gasteiger partial charge in [0.15, 0.2) is 0 Å². The molecule has 0 saturated heterocycles. The van der Waals surface area contributed by atoms with Crippen molar-refractivity contribution in [3.63, 3.8) is 0 Å². The number of fused-ring (bicyclic) bond motifs is 1. The fraction of sp³-hybridized carbons (Fsp3) is 0.194. The van der Waals surface area contributed by atoms with E-state index < -0.39 is 22.0 Å². The van der Waals surface area contributed by atoms with Crippen molar-refractivity contribution in [1.29, 1.82) is 0 Å². The summed E-state index contributed by atoms with van der Waals surface area (Å²) in [6, 6.07) is 28.6. The monoisotopic (exact) mass is 596 g/mol. The Morgan fingerprint density at radius 1 is 0.900 bits per heavy atom. The number of aliphatic hydroxyl groups is 1. The molecule has 0 spiro atoms. The van der Waals surface area contributed by atoms with Crippen LogP contribution in [0.1, 0.15) is 39.6 Å². The number of carbonyl (C=O) groups is 1. The highest BCUT2D eigenvalue weighted by molar-refractivity contribution is 7.90. The lowest BCUT2D eigenvalue weighted by Gasteiger charge is -2.27. The third kappa shape index (κ3) is 7.11. The zero-order valence-electron chi connectivity index (χ0n) is 21.6. The summed E-state index contributed by atoms with van der Waals surface area (Å²) in [5.74, 6) is -0.676. The number of sulfonamides is 1. The van der Waals surface area contributed by atoms with Crippen molar-refractivity contribution in [2.45, 2.75) is 36.3 Å². The Labute approximate surface area is 245 Å². The maximum absolute atomic E-state index is 12.6. The molecule has 1 aliphatic carbocycles. The average molecular weight is 598 g/mol. The normalized spacial score (nSPS) is 15.4. The number of amides is 1. The fourth-order valence-corrected chi connectivity index (χ4v) is 6.07. The van der Waals surface area contributed by atoms with E-state index in [4.69, 9.17) is 11.6 Å². The quantitative estimate of drug-likeness (QED) is 0.241. The Morgan fingerprint density at radius 3 is 2.35 bits per heavy atom. The average Bonchev–Trinajstić information content (AvgIpc) is 2.96. The van der Waals surface area contributed by atoms with E-state index >= 15 is 0 Å². The molecule has 1 aliphatic rings. The van der Waals surface area contributed by atoms with E-state index in [1.165, 1.54) is 23.3 Å². The third-order valence-electron chi connectivity index (χ3n) is 7.03. The van der Waals surface area contributed by atoms with Gasteiger partial charge in [-0.2, -0.15) is 0 Å². The first-order valence-corrected chi connectivity index (χ1v) is 14.7. The summed E-state index contributed by atoms with van der Waals surface area (Å²) in [5, 5.41) is 14.7. The molecule has 4 aromatic rings. The lowest BCUT2D eigenvalue weighted by atomic mass is 9.86. The maximum atomic E-state index is 12.6. The van der Waals surface area contributed by atoms with Crippen molar-refractivity contribution >= 4 is 39.9 Å². The summed E-state index contributed by atoms with van der Waals surface area (Å²) < 4.78 is 27.1. The number of hydrogen-bond donors (Lipinski definition) is 3. The van der Waals surface area contributed by atoms with Gasteiger partial charge in [0, 0.05) is 23.2 Å². The first-order valence-electron chi connectivity index (χ1n) is 12.8. The van der Waals surface area contributed by atoms with E-state index in [0.717, 1.165) is 36.0 Å². The highest BCUT2D eigenvalue weighted by Crippen LogP contribution is 2.28. The van der Waals surface area contributed by atoms with Crippen LogP contribution in [0.3, 0.4) is 0 Å². The van der Waals surface area contributed by atoms with Crippen LogP contribution in [-0.4, -0.2) is 32.0 Å². The SMILES string of the molecule is Cl.O=C(NS(=O)(=O)c1ccccc1)c1ccc(-c2ccc3c(c2)C[C@@H](NC[C@H](O)c2cccc(Cl)c2)CC3)cc1. The molecule has 3 N–H and O–H groups in total. The second-order valence-electron chi connectivity index (χ2n) is 9.73. The minimum atomic E-state index is -3.94. The topological polar surface area (TPSA) is 95.5 Å². The van der Waals surface area contributed by atoms with Gasteiger partial charge in [0.05, 0.1) is 11.0 Å². The van der Waals surface area contributed by atoms with Gasteiger partial charge in [0.2, 0.25) is 0 Å². The van der Waals surface area contributed by atoms with Crippen molar-refractivity contribution in [3.8, 4) is 11.1 Å². The molecule has 0 fully saturated rings. The number of hydrogen-bond acceptors (Lipinski definition) is 5. The van der Waals surface area contributed by atoms with E-state index in [1.807, 2.05) is 24.3 Å². The highest BCUT2D eigenvalue weighted by Gasteiger charge is 2.21. The fourth-order valence-electron chi connectivity index (χ4n) is 4.87. The molecule has 0 aliphatic heterocycles. The third-order valence-corrected chi connectivity index (χ3v) is 8.61. The van der Waals surface area contributed by atoms with Gasteiger partial charge in [0.1, 0.15) is 0 Å². The van der Waals surface area contributed by atoms with E-state index in [-0.39, 0.29) is 28.9 Å². The molecule has 2 atom stereocenters. The van der Waals surface area contributed by atoms with Crippen LogP contribution in [0, 0.1) is 0 Å². The largest absolute Gasteiger partial charge is 0.387 e. The summed E-state index contributed by atoms with van der Waals surface area (Å²) in [5.41, 5.74) is 5.59. The number of aliphatic hydroxyl groups excluding tert-OH is 1. The molecule has 40 heavy (non-hydrogen) atoms. The van der Waals surface area contributed by atoms with Crippen LogP contribution in [0.4, 0.5) is 0 Å². The van der Waals surface area contributed by atoms with E-state index in [2.05, 4.69) is 28.2 Å². The maximum Gasteiger partial charge on any atom is 0.264 e. The second-order valence-corrected chi connectivity index (χ2v) is 11.8. The van der Waals surface area contributed by atoms with Crippen molar-refractivity contribution in [3.05, 3.63) is 124 Å². The van der Waals surface area contributed by atoms with Gasteiger partial charge < -0.3 is 10.4 Å². The number of aryl methyl sites for hydroxylation is 1. The van der Waals surface area contributed by atoms with Crippen molar-refractivity contribution < 1.29 is 18.3 Å². The summed E-state index contributed by atoms with van der Waals surface area (Å²) >= 11 is 6.06. The molecular formula is C31H30Cl2N2O4S. The molecule has 6 nitrogen and oxygen atoms in total. The van der Waals surface area contributed by atoms with E-state index in [9.17, 15) is 18.3 Å². The Morgan fingerprint density at radius 2 is 1.62 bits per heavy atom. The molecule has 0 unspecified atom stereocenters. The van der Waals surface area contributed by atoms with Gasteiger partial charge in [0.25, 0.3) is 15.9 Å². The lowest BCUT2D eigenvalue weighted by Crippen LogP contribution is -2.37. The minimum absolute atomic E-state index is 0. The molecular weight excluding hydrogens is 567 g/mol. The molecule has 5 rings (SSSR count). The summed E-state index contributed by atoms with van der Waals surface area (Å²) in [6.07, 6.45) is 2.16. The van der Waals surface area contributed by atoms with Crippen molar-refractivity contribution in [2.24, 2.45) is 0 Å². The Kier molecular flexibility index (Phi) is 9.66. The van der Waals surface area contributed by atoms with E-state index in [0.29, 0.717) is 11.6 Å². The number of benzene rings is 4. The number of rotatable bonds is 8. The van der Waals surface area contributed by atoms with Crippen LogP contribution in [0.5, 0.6) is 0 Å². The van der Waals surface area contributed by atoms with Gasteiger partial charge in [-0.25, -0.2) is 13.1 Å². The standard InChI is InChI=1S/C31H29ClN2O4S.ClH/c32-27-6-4-5-25(18-27)30(35)20-33-28-16-15-22-11-14-24(17-26(22)19-28)21-9-12-23(13-10-21)31(36)34-39(37,38)29-7-2-1-3-8-29;/h1-14,17-18,28,30,33,35H,15-16,19-20H2,(H,34,36);1H/t28-,30-;/m0./s1. The lowest BCUT2D eigenvalue weighted by molar-refractivity contribution is 0.0981. The van der Waals surface area contributed by atoms with Crippen LogP contribution < -0.4 is 10.0 Å². The highest BCUT2D eigenvalue weighted by atomic mass is 35.5. The minimum Gasteiger partial charge on any atom is -0.387 e. The van der Waals surface area contributed by atoms with Gasteiger partial charge in [-0.3, -0.25) is 4.79 Å². The van der Waals surface area contributed by atoms with Crippen LogP contribution in [0.2, 0.25) is 5.02 Å².